The van der Waals surface area contributed by atoms with Crippen LogP contribution in [-0.4, -0.2) is 4.98 Å². The van der Waals surface area contributed by atoms with Crippen molar-refractivity contribution in [3.8, 4) is 0 Å². The molecule has 0 amide bonds. The molecule has 0 aromatic carbocycles. The molecule has 4 N–H and O–H groups in total. The first-order valence-electron chi connectivity index (χ1n) is 6.35. The summed E-state index contributed by atoms with van der Waals surface area (Å²) in [4.78, 5) is 4.08. The second-order valence-corrected chi connectivity index (χ2v) is 5.34. The van der Waals surface area contributed by atoms with Gasteiger partial charge in [0.1, 0.15) is 5.82 Å². The van der Waals surface area contributed by atoms with E-state index in [0.717, 1.165) is 5.56 Å². The van der Waals surface area contributed by atoms with E-state index in [1.54, 1.807) is 6.20 Å². The molecule has 0 bridgehead atoms. The van der Waals surface area contributed by atoms with Gasteiger partial charge in [0, 0.05) is 17.8 Å². The lowest BCUT2D eigenvalue weighted by molar-refractivity contribution is 0.383. The molecule has 3 nitrogen and oxygen atoms in total. The van der Waals surface area contributed by atoms with E-state index in [4.69, 9.17) is 23.1 Å². The second-order valence-electron chi connectivity index (χ2n) is 4.91. The van der Waals surface area contributed by atoms with Crippen LogP contribution in [-0.2, 0) is 0 Å². The maximum atomic E-state index is 6.33. The van der Waals surface area contributed by atoms with Gasteiger partial charge < -0.3 is 11.5 Å². The molecule has 2 rings (SSSR count). The summed E-state index contributed by atoms with van der Waals surface area (Å²) in [6.45, 7) is 0. The topological polar surface area (TPSA) is 64.9 Å². The van der Waals surface area contributed by atoms with Gasteiger partial charge in [0.2, 0.25) is 0 Å². The molecule has 1 atom stereocenters. The Balaban J connectivity index is 2.16. The average Bonchev–Trinajstić information content (AvgIpc) is 2.60. The zero-order valence-corrected chi connectivity index (χ0v) is 10.8. The zero-order valence-electron chi connectivity index (χ0n) is 10.0. The summed E-state index contributed by atoms with van der Waals surface area (Å²) >= 11 is 5.96. The highest BCUT2D eigenvalue weighted by atomic mass is 35.5. The van der Waals surface area contributed by atoms with Gasteiger partial charge in [-0.05, 0) is 24.8 Å². The van der Waals surface area contributed by atoms with E-state index in [1.165, 1.54) is 38.5 Å². The van der Waals surface area contributed by atoms with Crippen molar-refractivity contribution < 1.29 is 0 Å². The molecule has 0 saturated heterocycles. The minimum atomic E-state index is -0.0284. The number of aromatic nitrogens is 1. The minimum Gasteiger partial charge on any atom is -0.383 e. The van der Waals surface area contributed by atoms with Gasteiger partial charge in [-0.1, -0.05) is 37.3 Å². The molecule has 17 heavy (non-hydrogen) atoms. The second kappa shape index (κ2) is 5.69. The molecule has 4 heteroatoms. The van der Waals surface area contributed by atoms with E-state index in [-0.39, 0.29) is 6.04 Å². The van der Waals surface area contributed by atoms with Crippen LogP contribution in [0.25, 0.3) is 0 Å². The highest BCUT2D eigenvalue weighted by Gasteiger charge is 2.23. The fraction of sp³-hybridized carbons (Fsp3) is 0.615. The van der Waals surface area contributed by atoms with Crippen molar-refractivity contribution >= 4 is 17.4 Å². The zero-order chi connectivity index (χ0) is 12.3. The van der Waals surface area contributed by atoms with E-state index in [1.807, 2.05) is 6.07 Å². The van der Waals surface area contributed by atoms with Crippen molar-refractivity contribution in [2.75, 3.05) is 5.73 Å². The molecule has 0 spiro atoms. The highest BCUT2D eigenvalue weighted by Crippen LogP contribution is 2.34. The van der Waals surface area contributed by atoms with Gasteiger partial charge in [0.25, 0.3) is 0 Å². The van der Waals surface area contributed by atoms with Crippen molar-refractivity contribution in [1.82, 2.24) is 4.98 Å². The van der Waals surface area contributed by atoms with Gasteiger partial charge >= 0.3 is 0 Å². The maximum Gasteiger partial charge on any atom is 0.128 e. The van der Waals surface area contributed by atoms with E-state index >= 15 is 0 Å². The Labute approximate surface area is 108 Å². The quantitative estimate of drug-likeness (QED) is 0.795. The molecular formula is C13H20ClN3. The number of hydrogen-bond donors (Lipinski definition) is 2. The summed E-state index contributed by atoms with van der Waals surface area (Å²) in [5, 5.41) is 0.610. The molecular weight excluding hydrogens is 234 g/mol. The molecule has 1 fully saturated rings. The predicted octanol–water partition coefficient (Wildman–Crippen LogP) is 3.29. The van der Waals surface area contributed by atoms with Crippen LogP contribution in [0, 0.1) is 5.92 Å². The van der Waals surface area contributed by atoms with Crippen LogP contribution in [0.1, 0.15) is 50.1 Å². The first kappa shape index (κ1) is 12.7. The fourth-order valence-electron chi connectivity index (χ4n) is 2.66. The number of nitrogen functional groups attached to an aromatic ring is 1. The monoisotopic (exact) mass is 253 g/mol. The number of nitrogens with zero attached hydrogens (tertiary/aromatic N) is 1. The maximum absolute atomic E-state index is 6.33. The van der Waals surface area contributed by atoms with Crippen LogP contribution < -0.4 is 11.5 Å². The van der Waals surface area contributed by atoms with Gasteiger partial charge in [-0.25, -0.2) is 4.98 Å². The minimum absolute atomic E-state index is 0.0284. The lowest BCUT2D eigenvalue weighted by atomic mass is 9.88. The molecule has 1 heterocycles. The Morgan fingerprint density at radius 2 is 1.88 bits per heavy atom. The van der Waals surface area contributed by atoms with Crippen LogP contribution in [0.3, 0.4) is 0 Å². The smallest absolute Gasteiger partial charge is 0.128 e. The van der Waals surface area contributed by atoms with Crippen LogP contribution in [0.4, 0.5) is 5.82 Å². The van der Waals surface area contributed by atoms with Crippen molar-refractivity contribution in [3.05, 3.63) is 22.8 Å². The van der Waals surface area contributed by atoms with Crippen LogP contribution >= 0.6 is 11.6 Å². The molecule has 1 aliphatic rings. The molecule has 1 aliphatic carbocycles. The number of rotatable bonds is 2. The third-order valence-corrected chi connectivity index (χ3v) is 3.89. The number of hydrogen-bond acceptors (Lipinski definition) is 3. The predicted molar refractivity (Wildman–Crippen MR) is 71.8 cm³/mol. The summed E-state index contributed by atoms with van der Waals surface area (Å²) in [5.41, 5.74) is 13.1. The Morgan fingerprint density at radius 1 is 1.24 bits per heavy atom. The van der Waals surface area contributed by atoms with Crippen molar-refractivity contribution in [1.29, 1.82) is 0 Å². The number of pyridine rings is 1. The molecule has 1 unspecified atom stereocenters. The van der Waals surface area contributed by atoms with Gasteiger partial charge in [-0.15, -0.1) is 0 Å². The van der Waals surface area contributed by atoms with Gasteiger partial charge in [-0.3, -0.25) is 0 Å². The van der Waals surface area contributed by atoms with Crippen LogP contribution in [0.15, 0.2) is 12.3 Å². The average molecular weight is 254 g/mol. The highest BCUT2D eigenvalue weighted by molar-refractivity contribution is 6.30. The summed E-state index contributed by atoms with van der Waals surface area (Å²) in [5.74, 6) is 1.03. The van der Waals surface area contributed by atoms with Gasteiger partial charge in [0.15, 0.2) is 0 Å². The third kappa shape index (κ3) is 3.11. The Bertz CT molecular complexity index is 373. The largest absolute Gasteiger partial charge is 0.383 e. The van der Waals surface area contributed by atoms with E-state index < -0.39 is 0 Å². The van der Waals surface area contributed by atoms with Gasteiger partial charge in [0.05, 0.1) is 5.02 Å². The molecule has 1 aromatic rings. The Kier molecular flexibility index (Phi) is 4.24. The Morgan fingerprint density at radius 3 is 2.53 bits per heavy atom. The summed E-state index contributed by atoms with van der Waals surface area (Å²) < 4.78 is 0. The van der Waals surface area contributed by atoms with Crippen LogP contribution in [0.2, 0.25) is 5.02 Å². The van der Waals surface area contributed by atoms with E-state index in [2.05, 4.69) is 4.98 Å². The van der Waals surface area contributed by atoms with E-state index in [9.17, 15) is 0 Å². The lowest BCUT2D eigenvalue weighted by Gasteiger charge is -2.23. The lowest BCUT2D eigenvalue weighted by Crippen LogP contribution is -2.22. The third-order valence-electron chi connectivity index (χ3n) is 3.68. The van der Waals surface area contributed by atoms with Gasteiger partial charge in [-0.2, -0.15) is 0 Å². The molecule has 1 saturated carbocycles. The SMILES string of the molecule is Nc1ncc(Cl)cc1C(N)C1CCCCCC1. The van der Waals surface area contributed by atoms with E-state index in [0.29, 0.717) is 16.8 Å². The molecule has 1 aromatic heterocycles. The van der Waals surface area contributed by atoms with Crippen molar-refractivity contribution in [3.63, 3.8) is 0 Å². The number of halogens is 1. The first-order valence-corrected chi connectivity index (χ1v) is 6.73. The molecule has 0 radical (unpaired) electrons. The number of anilines is 1. The van der Waals surface area contributed by atoms with Crippen LogP contribution in [0.5, 0.6) is 0 Å². The summed E-state index contributed by atoms with van der Waals surface area (Å²) in [6.07, 6.45) is 9.14. The molecule has 94 valence electrons. The first-order chi connectivity index (χ1) is 8.18. The summed E-state index contributed by atoms with van der Waals surface area (Å²) in [7, 11) is 0. The Hall–Kier alpha value is -0.800. The molecule has 0 aliphatic heterocycles. The number of nitrogens with two attached hydrogens (primary N) is 2. The fourth-order valence-corrected chi connectivity index (χ4v) is 2.82. The van der Waals surface area contributed by atoms with Crippen molar-refractivity contribution in [2.45, 2.75) is 44.6 Å². The van der Waals surface area contributed by atoms with Crippen molar-refractivity contribution in [2.24, 2.45) is 11.7 Å². The normalized spacial score (nSPS) is 19.9. The summed E-state index contributed by atoms with van der Waals surface area (Å²) in [6, 6.07) is 1.83. The standard InChI is InChI=1S/C13H20ClN3/c14-10-7-11(13(16)17-8-10)12(15)9-5-3-1-2-4-6-9/h7-9,12H,1-6,15H2,(H2,16,17).